The third kappa shape index (κ3) is 3.79. The summed E-state index contributed by atoms with van der Waals surface area (Å²) in [5.74, 6) is -0.983. The van der Waals surface area contributed by atoms with Crippen LogP contribution in [-0.4, -0.2) is 17.6 Å². The van der Waals surface area contributed by atoms with E-state index in [-0.39, 0.29) is 5.56 Å². The number of ether oxygens (including phenoxy) is 1. The maximum atomic E-state index is 13.1. The van der Waals surface area contributed by atoms with Crippen molar-refractivity contribution in [3.05, 3.63) is 34.3 Å². The van der Waals surface area contributed by atoms with Crippen LogP contribution in [0, 0.1) is 5.82 Å². The maximum Gasteiger partial charge on any atom is 0.330 e. The molecule has 1 aromatic rings. The fourth-order valence-corrected chi connectivity index (χ4v) is 1.25. The molecule has 1 heterocycles. The molecule has 0 aliphatic heterocycles. The second-order valence-corrected chi connectivity index (χ2v) is 3.43. The molecule has 0 aromatic carbocycles. The SMILES string of the molecule is CCOC(=O)C=Cc1cc(Br)ncc1F. The number of nitrogens with zero attached hydrogens (tertiary/aromatic N) is 1. The van der Waals surface area contributed by atoms with Crippen molar-refractivity contribution in [2.45, 2.75) is 6.92 Å². The van der Waals surface area contributed by atoms with Crippen LogP contribution in [0.1, 0.15) is 12.5 Å². The number of pyridine rings is 1. The van der Waals surface area contributed by atoms with Crippen LogP contribution in [0.15, 0.2) is 22.9 Å². The molecule has 1 rings (SSSR count). The molecule has 0 radical (unpaired) electrons. The number of hydrogen-bond donors (Lipinski definition) is 0. The molecule has 3 nitrogen and oxygen atoms in total. The first-order chi connectivity index (χ1) is 7.13. The molecule has 15 heavy (non-hydrogen) atoms. The van der Waals surface area contributed by atoms with E-state index in [9.17, 15) is 9.18 Å². The molecule has 0 saturated carbocycles. The van der Waals surface area contributed by atoms with E-state index in [2.05, 4.69) is 25.7 Å². The molecular formula is C10H9BrFNO2. The molecule has 80 valence electrons. The third-order valence-electron chi connectivity index (χ3n) is 1.54. The average Bonchev–Trinajstić information content (AvgIpc) is 2.20. The smallest absolute Gasteiger partial charge is 0.330 e. The van der Waals surface area contributed by atoms with Gasteiger partial charge in [0, 0.05) is 11.6 Å². The van der Waals surface area contributed by atoms with Gasteiger partial charge >= 0.3 is 5.97 Å². The van der Waals surface area contributed by atoms with E-state index < -0.39 is 11.8 Å². The van der Waals surface area contributed by atoms with E-state index in [0.717, 1.165) is 6.20 Å². The zero-order valence-electron chi connectivity index (χ0n) is 8.04. The second kappa shape index (κ2) is 5.60. The first kappa shape index (κ1) is 11.8. The molecule has 0 atom stereocenters. The molecule has 0 spiro atoms. The van der Waals surface area contributed by atoms with Gasteiger partial charge in [0.15, 0.2) is 0 Å². The van der Waals surface area contributed by atoms with Gasteiger partial charge in [-0.15, -0.1) is 0 Å². The Kier molecular flexibility index (Phi) is 4.42. The largest absolute Gasteiger partial charge is 0.463 e. The van der Waals surface area contributed by atoms with Crippen molar-refractivity contribution in [2.75, 3.05) is 6.61 Å². The summed E-state index contributed by atoms with van der Waals surface area (Å²) < 4.78 is 18.3. The molecular weight excluding hydrogens is 265 g/mol. The monoisotopic (exact) mass is 273 g/mol. The van der Waals surface area contributed by atoms with Gasteiger partial charge in [0.2, 0.25) is 0 Å². The van der Waals surface area contributed by atoms with Crippen LogP contribution in [0.5, 0.6) is 0 Å². The Labute approximate surface area is 95.1 Å². The molecule has 0 bridgehead atoms. The van der Waals surface area contributed by atoms with Gasteiger partial charge in [-0.2, -0.15) is 0 Å². The summed E-state index contributed by atoms with van der Waals surface area (Å²) in [5.41, 5.74) is 0.282. The van der Waals surface area contributed by atoms with Crippen molar-refractivity contribution in [1.82, 2.24) is 4.98 Å². The summed E-state index contributed by atoms with van der Waals surface area (Å²) >= 11 is 3.11. The summed E-state index contributed by atoms with van der Waals surface area (Å²) in [4.78, 5) is 14.6. The van der Waals surface area contributed by atoms with Crippen LogP contribution in [0.3, 0.4) is 0 Å². The minimum absolute atomic E-state index is 0.282. The number of rotatable bonds is 3. The van der Waals surface area contributed by atoms with E-state index in [1.165, 1.54) is 18.2 Å². The van der Waals surface area contributed by atoms with E-state index in [1.807, 2.05) is 0 Å². The quantitative estimate of drug-likeness (QED) is 0.483. The average molecular weight is 274 g/mol. The Morgan fingerprint density at radius 1 is 1.73 bits per heavy atom. The van der Waals surface area contributed by atoms with Gasteiger partial charge in [0.25, 0.3) is 0 Å². The fourth-order valence-electron chi connectivity index (χ4n) is 0.903. The molecule has 0 aliphatic rings. The number of carbonyl (C=O) groups excluding carboxylic acids is 1. The lowest BCUT2D eigenvalue weighted by molar-refractivity contribution is -0.137. The molecule has 0 saturated heterocycles. The highest BCUT2D eigenvalue weighted by Gasteiger charge is 2.01. The lowest BCUT2D eigenvalue weighted by atomic mass is 10.2. The summed E-state index contributed by atoms with van der Waals surface area (Å²) in [5, 5.41) is 0. The number of aromatic nitrogens is 1. The zero-order valence-corrected chi connectivity index (χ0v) is 9.62. The van der Waals surface area contributed by atoms with Crippen LogP contribution in [0.2, 0.25) is 0 Å². The van der Waals surface area contributed by atoms with Crippen molar-refractivity contribution in [1.29, 1.82) is 0 Å². The van der Waals surface area contributed by atoms with Crippen LogP contribution in [-0.2, 0) is 9.53 Å². The molecule has 5 heteroatoms. The lowest BCUT2D eigenvalue weighted by Crippen LogP contribution is -1.98. The van der Waals surface area contributed by atoms with Crippen molar-refractivity contribution in [2.24, 2.45) is 0 Å². The van der Waals surface area contributed by atoms with Crippen LogP contribution in [0.25, 0.3) is 6.08 Å². The van der Waals surface area contributed by atoms with E-state index in [0.29, 0.717) is 11.2 Å². The Bertz CT molecular complexity index is 393. The topological polar surface area (TPSA) is 39.2 Å². The summed E-state index contributed by atoms with van der Waals surface area (Å²) in [6.45, 7) is 2.00. The molecule has 0 unspecified atom stereocenters. The van der Waals surface area contributed by atoms with Gasteiger partial charge in [-0.05, 0) is 35.0 Å². The lowest BCUT2D eigenvalue weighted by Gasteiger charge is -1.97. The highest BCUT2D eigenvalue weighted by molar-refractivity contribution is 9.10. The number of carbonyl (C=O) groups is 1. The Hall–Kier alpha value is -1.23. The summed E-state index contributed by atoms with van der Waals surface area (Å²) in [7, 11) is 0. The number of hydrogen-bond acceptors (Lipinski definition) is 3. The van der Waals surface area contributed by atoms with Crippen LogP contribution in [0.4, 0.5) is 4.39 Å². The fraction of sp³-hybridized carbons (Fsp3) is 0.200. The van der Waals surface area contributed by atoms with Gasteiger partial charge in [-0.1, -0.05) is 0 Å². The van der Waals surface area contributed by atoms with Crippen molar-refractivity contribution >= 4 is 28.0 Å². The zero-order chi connectivity index (χ0) is 11.3. The number of esters is 1. The highest BCUT2D eigenvalue weighted by Crippen LogP contribution is 2.13. The molecule has 1 aromatic heterocycles. The van der Waals surface area contributed by atoms with Gasteiger partial charge in [-0.25, -0.2) is 14.2 Å². The van der Waals surface area contributed by atoms with Crippen LogP contribution >= 0.6 is 15.9 Å². The maximum absolute atomic E-state index is 13.1. The van der Waals surface area contributed by atoms with Crippen molar-refractivity contribution < 1.29 is 13.9 Å². The normalized spacial score (nSPS) is 10.6. The van der Waals surface area contributed by atoms with Crippen molar-refractivity contribution in [3.63, 3.8) is 0 Å². The van der Waals surface area contributed by atoms with E-state index in [1.54, 1.807) is 6.92 Å². The van der Waals surface area contributed by atoms with Crippen LogP contribution < -0.4 is 0 Å². The van der Waals surface area contributed by atoms with Gasteiger partial charge < -0.3 is 4.74 Å². The van der Waals surface area contributed by atoms with Gasteiger partial charge in [-0.3, -0.25) is 0 Å². The standard InChI is InChI=1S/C10H9BrFNO2/c1-2-15-10(14)4-3-7-5-9(11)13-6-8(7)12/h3-6H,2H2,1H3. The first-order valence-corrected chi connectivity index (χ1v) is 5.08. The van der Waals surface area contributed by atoms with Gasteiger partial charge in [0.05, 0.1) is 12.8 Å². The summed E-state index contributed by atoms with van der Waals surface area (Å²) in [6, 6.07) is 1.48. The predicted molar refractivity (Wildman–Crippen MR) is 57.6 cm³/mol. The minimum Gasteiger partial charge on any atom is -0.463 e. The Balaban J connectivity index is 2.79. The predicted octanol–water partition coefficient (Wildman–Crippen LogP) is 2.56. The highest BCUT2D eigenvalue weighted by atomic mass is 79.9. The van der Waals surface area contributed by atoms with E-state index >= 15 is 0 Å². The molecule has 0 aliphatic carbocycles. The van der Waals surface area contributed by atoms with Crippen molar-refractivity contribution in [3.8, 4) is 0 Å². The Morgan fingerprint density at radius 2 is 2.47 bits per heavy atom. The Morgan fingerprint density at radius 3 is 3.13 bits per heavy atom. The minimum atomic E-state index is -0.496. The summed E-state index contributed by atoms with van der Waals surface area (Å²) in [6.07, 6.45) is 3.60. The second-order valence-electron chi connectivity index (χ2n) is 2.61. The third-order valence-corrected chi connectivity index (χ3v) is 1.97. The first-order valence-electron chi connectivity index (χ1n) is 4.29. The van der Waals surface area contributed by atoms with E-state index in [4.69, 9.17) is 0 Å². The molecule has 0 amide bonds. The molecule has 0 fully saturated rings. The van der Waals surface area contributed by atoms with Gasteiger partial charge in [0.1, 0.15) is 10.4 Å². The molecule has 0 N–H and O–H groups in total. The number of halogens is 2.